The summed E-state index contributed by atoms with van der Waals surface area (Å²) in [4.78, 5) is 12.2. The van der Waals surface area contributed by atoms with Crippen LogP contribution < -0.4 is 5.43 Å². The van der Waals surface area contributed by atoms with Crippen molar-refractivity contribution in [3.05, 3.63) is 17.8 Å². The lowest BCUT2D eigenvalue weighted by atomic mass is 10.6. The fourth-order valence-electron chi connectivity index (χ4n) is 1.66. The number of hydrogen-bond acceptors (Lipinski definition) is 6. The second-order valence-electron chi connectivity index (χ2n) is 3.61. The van der Waals surface area contributed by atoms with Crippen LogP contribution in [0, 0.1) is 0 Å². The molecule has 17 heavy (non-hydrogen) atoms. The fourth-order valence-corrected chi connectivity index (χ4v) is 2.64. The number of rotatable bonds is 2. The van der Waals surface area contributed by atoms with Gasteiger partial charge >= 0.3 is 0 Å². The molecule has 3 heterocycles. The zero-order chi connectivity index (χ0) is 11.8. The first-order valence-corrected chi connectivity index (χ1v) is 6.54. The Morgan fingerprint density at radius 2 is 2.41 bits per heavy atom. The van der Waals surface area contributed by atoms with Gasteiger partial charge in [0.2, 0.25) is 0 Å². The Labute approximate surface area is 107 Å². The Balaban J connectivity index is 1.88. The van der Waals surface area contributed by atoms with E-state index in [1.807, 2.05) is 6.92 Å². The van der Waals surface area contributed by atoms with Crippen LogP contribution in [-0.2, 0) is 4.74 Å². The molecule has 0 radical (unpaired) electrons. The predicted octanol–water partition coefficient (Wildman–Crippen LogP) is 1.46. The molecule has 0 aliphatic carbocycles. The SMILES string of the molecule is CC1OC(Nn2cnc3c(Cl)ncnc32)CS1. The van der Waals surface area contributed by atoms with Gasteiger partial charge < -0.3 is 4.74 Å². The van der Waals surface area contributed by atoms with Gasteiger partial charge in [-0.3, -0.25) is 5.43 Å². The lowest BCUT2D eigenvalue weighted by molar-refractivity contribution is 0.0860. The van der Waals surface area contributed by atoms with Crippen LogP contribution in [0.4, 0.5) is 0 Å². The van der Waals surface area contributed by atoms with E-state index in [-0.39, 0.29) is 11.7 Å². The molecule has 0 spiro atoms. The van der Waals surface area contributed by atoms with E-state index in [0.29, 0.717) is 16.3 Å². The number of nitrogens with one attached hydrogen (secondary N) is 1. The van der Waals surface area contributed by atoms with Crippen LogP contribution in [0.1, 0.15) is 6.92 Å². The summed E-state index contributed by atoms with van der Waals surface area (Å²) >= 11 is 7.68. The van der Waals surface area contributed by atoms with Crippen molar-refractivity contribution in [1.82, 2.24) is 19.6 Å². The van der Waals surface area contributed by atoms with Crippen LogP contribution in [-0.4, -0.2) is 37.0 Å². The van der Waals surface area contributed by atoms with Gasteiger partial charge in [-0.05, 0) is 6.92 Å². The van der Waals surface area contributed by atoms with Gasteiger partial charge in [0, 0.05) is 5.75 Å². The summed E-state index contributed by atoms with van der Waals surface area (Å²) in [6, 6.07) is 0. The number of halogens is 1. The Bertz CT molecular complexity index is 547. The molecule has 8 heteroatoms. The van der Waals surface area contributed by atoms with E-state index in [1.54, 1.807) is 22.8 Å². The smallest absolute Gasteiger partial charge is 0.183 e. The van der Waals surface area contributed by atoms with Gasteiger partial charge in [-0.1, -0.05) is 11.6 Å². The van der Waals surface area contributed by atoms with Crippen LogP contribution in [0.25, 0.3) is 11.2 Å². The Kier molecular flexibility index (Phi) is 2.81. The molecule has 0 amide bonds. The molecule has 0 aromatic carbocycles. The van der Waals surface area contributed by atoms with Crippen molar-refractivity contribution in [3.8, 4) is 0 Å². The van der Waals surface area contributed by atoms with E-state index in [9.17, 15) is 0 Å². The topological polar surface area (TPSA) is 64.9 Å². The third-order valence-corrected chi connectivity index (χ3v) is 3.76. The molecule has 3 rings (SSSR count). The summed E-state index contributed by atoms with van der Waals surface area (Å²) in [5.74, 6) is 0.889. The average molecular weight is 272 g/mol. The maximum absolute atomic E-state index is 5.92. The molecule has 1 N–H and O–H groups in total. The summed E-state index contributed by atoms with van der Waals surface area (Å²) in [6.45, 7) is 2.03. The van der Waals surface area contributed by atoms with Crippen molar-refractivity contribution in [1.29, 1.82) is 0 Å². The third-order valence-electron chi connectivity index (χ3n) is 2.41. The third kappa shape index (κ3) is 2.05. The van der Waals surface area contributed by atoms with Crippen LogP contribution in [0.5, 0.6) is 0 Å². The van der Waals surface area contributed by atoms with Crippen molar-refractivity contribution in [2.24, 2.45) is 0 Å². The first kappa shape index (κ1) is 11.1. The number of nitrogens with zero attached hydrogens (tertiary/aromatic N) is 4. The summed E-state index contributed by atoms with van der Waals surface area (Å²) in [6.07, 6.45) is 3.00. The highest BCUT2D eigenvalue weighted by Gasteiger charge is 2.23. The van der Waals surface area contributed by atoms with E-state index < -0.39 is 0 Å². The van der Waals surface area contributed by atoms with Crippen molar-refractivity contribution in [3.63, 3.8) is 0 Å². The van der Waals surface area contributed by atoms with Crippen LogP contribution >= 0.6 is 23.4 Å². The largest absolute Gasteiger partial charge is 0.343 e. The minimum absolute atomic E-state index is 0.0406. The molecule has 2 unspecified atom stereocenters. The van der Waals surface area contributed by atoms with Crippen molar-refractivity contribution < 1.29 is 4.74 Å². The highest BCUT2D eigenvalue weighted by atomic mass is 35.5. The first-order valence-electron chi connectivity index (χ1n) is 5.11. The minimum Gasteiger partial charge on any atom is -0.343 e. The monoisotopic (exact) mass is 271 g/mol. The Morgan fingerprint density at radius 1 is 1.53 bits per heavy atom. The lowest BCUT2D eigenvalue weighted by Gasteiger charge is -2.14. The maximum Gasteiger partial charge on any atom is 0.183 e. The molecule has 1 saturated heterocycles. The molecule has 6 nitrogen and oxygen atoms in total. The second-order valence-corrected chi connectivity index (χ2v) is 5.29. The number of imidazole rings is 1. The molecule has 2 aromatic heterocycles. The normalized spacial score (nSPS) is 24.4. The summed E-state index contributed by atoms with van der Waals surface area (Å²) < 4.78 is 7.36. The first-order chi connectivity index (χ1) is 8.24. The number of ether oxygens (including phenoxy) is 1. The quantitative estimate of drug-likeness (QED) is 0.835. The van der Waals surface area contributed by atoms with E-state index in [4.69, 9.17) is 16.3 Å². The van der Waals surface area contributed by atoms with E-state index in [2.05, 4.69) is 20.4 Å². The molecular weight excluding hydrogens is 262 g/mol. The van der Waals surface area contributed by atoms with Gasteiger partial charge in [-0.15, -0.1) is 11.8 Å². The van der Waals surface area contributed by atoms with Gasteiger partial charge in [0.1, 0.15) is 23.6 Å². The maximum atomic E-state index is 5.92. The van der Waals surface area contributed by atoms with Crippen molar-refractivity contribution in [2.45, 2.75) is 18.6 Å². The van der Waals surface area contributed by atoms with Gasteiger partial charge in [0.15, 0.2) is 17.0 Å². The molecule has 2 atom stereocenters. The lowest BCUT2D eigenvalue weighted by Crippen LogP contribution is -2.29. The van der Waals surface area contributed by atoms with Gasteiger partial charge in [0.25, 0.3) is 0 Å². The molecule has 1 aliphatic heterocycles. The Morgan fingerprint density at radius 3 is 3.18 bits per heavy atom. The standard InChI is InChI=1S/C9H10ClN5OS/c1-5-16-6(2-17-5)14-15-4-13-7-8(10)11-3-12-9(7)15/h3-6,14H,2H2,1H3. The molecule has 0 bridgehead atoms. The van der Waals surface area contributed by atoms with Gasteiger partial charge in [-0.25, -0.2) is 19.6 Å². The fraction of sp³-hybridized carbons (Fsp3) is 0.444. The molecular formula is C9H10ClN5OS. The van der Waals surface area contributed by atoms with Crippen LogP contribution in [0.15, 0.2) is 12.7 Å². The van der Waals surface area contributed by atoms with Crippen LogP contribution in [0.2, 0.25) is 5.15 Å². The Hall–Kier alpha value is -1.05. The molecule has 2 aromatic rings. The van der Waals surface area contributed by atoms with E-state index >= 15 is 0 Å². The number of thioether (sulfide) groups is 1. The molecule has 90 valence electrons. The summed E-state index contributed by atoms with van der Waals surface area (Å²) in [7, 11) is 0. The second kappa shape index (κ2) is 4.32. The number of fused-ring (bicyclic) bond motifs is 1. The van der Waals surface area contributed by atoms with Gasteiger partial charge in [-0.2, -0.15) is 0 Å². The highest BCUT2D eigenvalue weighted by Crippen LogP contribution is 2.24. The van der Waals surface area contributed by atoms with Crippen molar-refractivity contribution >= 4 is 34.5 Å². The van der Waals surface area contributed by atoms with E-state index in [0.717, 1.165) is 5.75 Å². The van der Waals surface area contributed by atoms with E-state index in [1.165, 1.54) is 6.33 Å². The van der Waals surface area contributed by atoms with Gasteiger partial charge in [0.05, 0.1) is 0 Å². The zero-order valence-electron chi connectivity index (χ0n) is 9.00. The summed E-state index contributed by atoms with van der Waals surface area (Å²) in [5, 5.41) is 0.352. The number of aromatic nitrogens is 4. The average Bonchev–Trinajstić information content (AvgIpc) is 2.88. The summed E-state index contributed by atoms with van der Waals surface area (Å²) in [5.41, 5.74) is 4.63. The highest BCUT2D eigenvalue weighted by molar-refractivity contribution is 8.00. The molecule has 1 fully saturated rings. The minimum atomic E-state index is -0.0406. The van der Waals surface area contributed by atoms with Crippen molar-refractivity contribution in [2.75, 3.05) is 11.2 Å². The predicted molar refractivity (Wildman–Crippen MR) is 66.5 cm³/mol. The number of hydrogen-bond donors (Lipinski definition) is 1. The zero-order valence-corrected chi connectivity index (χ0v) is 10.6. The molecule has 0 saturated carbocycles. The van der Waals surface area contributed by atoms with Crippen LogP contribution in [0.3, 0.4) is 0 Å². The molecule has 1 aliphatic rings.